The highest BCUT2D eigenvalue weighted by Crippen LogP contribution is 2.49. The van der Waals surface area contributed by atoms with E-state index in [0.29, 0.717) is 6.92 Å². The highest BCUT2D eigenvalue weighted by molar-refractivity contribution is 6.34. The van der Waals surface area contributed by atoms with Crippen LogP contribution in [0.4, 0.5) is 45.5 Å². The van der Waals surface area contributed by atoms with Crippen molar-refractivity contribution < 1.29 is 49.1 Å². The van der Waals surface area contributed by atoms with Crippen LogP contribution in [0.25, 0.3) is 0 Å². The molecule has 44 heavy (non-hydrogen) atoms. The van der Waals surface area contributed by atoms with E-state index >= 15 is 0 Å². The Labute approximate surface area is 253 Å². The monoisotopic (exact) mass is 675 g/mol. The Hall–Kier alpha value is -3.53. The molecule has 18 heteroatoms. The van der Waals surface area contributed by atoms with Crippen molar-refractivity contribution in [3.63, 3.8) is 0 Å². The van der Waals surface area contributed by atoms with Gasteiger partial charge in [0.1, 0.15) is 6.54 Å². The number of benzene rings is 2. The number of amides is 1. The predicted octanol–water partition coefficient (Wildman–Crippen LogP) is 7.76. The summed E-state index contributed by atoms with van der Waals surface area (Å²) in [5.41, 5.74) is -3.71. The number of aromatic nitrogens is 3. The van der Waals surface area contributed by atoms with Gasteiger partial charge in [-0.2, -0.15) is 26.9 Å². The molecule has 0 N–H and O–H groups in total. The standard InChI is InChI=1S/C26H20Cl2F9N5O2/c1-12-5-13(18-9-25(44-40-18,26(35,36)37)14-6-15(27)8-16(28)7-14)3-4-17(12)21(43)41(10-19(29)30)23-38-22(24(2,33)34)42(39-23)11-20(31)32/h3-8,19-20H,9-11H2,1-2H3. The molecule has 0 radical (unpaired) electrons. The summed E-state index contributed by atoms with van der Waals surface area (Å²) in [6, 6.07) is 6.79. The molecule has 0 saturated carbocycles. The topological polar surface area (TPSA) is 72.6 Å². The highest BCUT2D eigenvalue weighted by atomic mass is 35.5. The summed E-state index contributed by atoms with van der Waals surface area (Å²) < 4.78 is 124. The third kappa shape index (κ3) is 6.75. The normalized spacial score (nSPS) is 17.3. The molecule has 1 atom stereocenters. The minimum atomic E-state index is -4.98. The number of anilines is 1. The zero-order valence-electron chi connectivity index (χ0n) is 22.5. The smallest absolute Gasteiger partial charge is 0.374 e. The van der Waals surface area contributed by atoms with Gasteiger partial charge in [0.05, 0.1) is 12.3 Å². The van der Waals surface area contributed by atoms with Gasteiger partial charge in [0.2, 0.25) is 0 Å². The van der Waals surface area contributed by atoms with Crippen LogP contribution in [-0.4, -0.2) is 52.0 Å². The van der Waals surface area contributed by atoms with E-state index in [1.165, 1.54) is 25.1 Å². The zero-order valence-corrected chi connectivity index (χ0v) is 24.0. The average molecular weight is 676 g/mol. The van der Waals surface area contributed by atoms with Crippen LogP contribution in [0.1, 0.15) is 46.2 Å². The fourth-order valence-electron chi connectivity index (χ4n) is 4.49. The Morgan fingerprint density at radius 1 is 1.05 bits per heavy atom. The van der Waals surface area contributed by atoms with E-state index in [0.717, 1.165) is 18.2 Å². The lowest BCUT2D eigenvalue weighted by molar-refractivity contribution is -0.275. The molecule has 238 valence electrons. The maximum atomic E-state index is 14.3. The van der Waals surface area contributed by atoms with Gasteiger partial charge in [0, 0.05) is 34.5 Å². The summed E-state index contributed by atoms with van der Waals surface area (Å²) in [6.45, 7) is -1.07. The number of rotatable bonds is 9. The molecule has 0 fully saturated rings. The number of hydrogen-bond acceptors (Lipinski definition) is 5. The van der Waals surface area contributed by atoms with Crippen LogP contribution in [0.2, 0.25) is 10.0 Å². The van der Waals surface area contributed by atoms with Crippen LogP contribution in [0.15, 0.2) is 41.6 Å². The van der Waals surface area contributed by atoms with E-state index in [1.54, 1.807) is 0 Å². The second-order valence-electron chi connectivity index (χ2n) is 9.82. The maximum Gasteiger partial charge on any atom is 0.435 e. The quantitative estimate of drug-likeness (QED) is 0.217. The molecule has 1 aliphatic heterocycles. The van der Waals surface area contributed by atoms with Gasteiger partial charge in [-0.25, -0.2) is 22.2 Å². The molecule has 1 unspecified atom stereocenters. The third-order valence-corrected chi connectivity index (χ3v) is 6.91. The zero-order chi connectivity index (χ0) is 32.8. The van der Waals surface area contributed by atoms with Crippen LogP contribution >= 0.6 is 23.2 Å². The Morgan fingerprint density at radius 2 is 1.68 bits per heavy atom. The number of aryl methyl sites for hydroxylation is 1. The molecule has 1 aromatic heterocycles. The first kappa shape index (κ1) is 33.4. The Bertz CT molecular complexity index is 1570. The number of nitrogens with zero attached hydrogens (tertiary/aromatic N) is 5. The van der Waals surface area contributed by atoms with E-state index in [1.807, 2.05) is 0 Å². The minimum absolute atomic E-state index is 0.0535. The Kier molecular flexibility index (Phi) is 9.18. The second kappa shape index (κ2) is 12.1. The molecular weight excluding hydrogens is 656 g/mol. The summed E-state index contributed by atoms with van der Waals surface area (Å²) in [4.78, 5) is 21.9. The largest absolute Gasteiger partial charge is 0.435 e. The van der Waals surface area contributed by atoms with Crippen molar-refractivity contribution in [1.82, 2.24) is 14.8 Å². The van der Waals surface area contributed by atoms with Crippen molar-refractivity contribution in [2.45, 2.75) is 57.4 Å². The number of alkyl halides is 9. The van der Waals surface area contributed by atoms with E-state index < -0.39 is 73.3 Å². The maximum absolute atomic E-state index is 14.3. The molecule has 0 spiro atoms. The number of carbonyl (C=O) groups is 1. The van der Waals surface area contributed by atoms with Gasteiger partial charge in [-0.05, 0) is 48.4 Å². The molecule has 0 saturated heterocycles. The van der Waals surface area contributed by atoms with Crippen LogP contribution in [0.5, 0.6) is 0 Å². The van der Waals surface area contributed by atoms with Crippen molar-refractivity contribution >= 4 is 40.8 Å². The summed E-state index contributed by atoms with van der Waals surface area (Å²) >= 11 is 11.8. The molecule has 0 bridgehead atoms. The molecule has 2 aromatic carbocycles. The highest BCUT2D eigenvalue weighted by Gasteiger charge is 2.62. The molecule has 4 rings (SSSR count). The number of hydrogen-bond donors (Lipinski definition) is 0. The number of oxime groups is 1. The predicted molar refractivity (Wildman–Crippen MR) is 141 cm³/mol. The molecule has 2 heterocycles. The molecule has 1 aliphatic rings. The van der Waals surface area contributed by atoms with Crippen molar-refractivity contribution in [1.29, 1.82) is 0 Å². The van der Waals surface area contributed by atoms with E-state index in [2.05, 4.69) is 15.2 Å². The fourth-order valence-corrected chi connectivity index (χ4v) is 5.02. The van der Waals surface area contributed by atoms with Gasteiger partial charge >= 0.3 is 12.1 Å². The first-order valence-electron chi connectivity index (χ1n) is 12.4. The summed E-state index contributed by atoms with van der Waals surface area (Å²) in [7, 11) is 0. The summed E-state index contributed by atoms with van der Waals surface area (Å²) in [6.07, 6.45) is -12.2. The van der Waals surface area contributed by atoms with Gasteiger partial charge in [0.15, 0.2) is 5.82 Å². The Morgan fingerprint density at radius 3 is 2.20 bits per heavy atom. The molecule has 3 aromatic rings. The molecule has 0 aliphatic carbocycles. The second-order valence-corrected chi connectivity index (χ2v) is 10.7. The lowest BCUT2D eigenvalue weighted by atomic mass is 9.86. The Balaban J connectivity index is 1.68. The third-order valence-electron chi connectivity index (χ3n) is 6.48. The molecule has 7 nitrogen and oxygen atoms in total. The van der Waals surface area contributed by atoms with Crippen molar-refractivity contribution in [2.24, 2.45) is 5.16 Å². The minimum Gasteiger partial charge on any atom is -0.374 e. The van der Waals surface area contributed by atoms with Crippen molar-refractivity contribution in [3.8, 4) is 0 Å². The fraction of sp³-hybridized carbons (Fsp3) is 0.385. The molecule has 1 amide bonds. The number of halogens is 11. The van der Waals surface area contributed by atoms with Crippen LogP contribution in [-0.2, 0) is 22.9 Å². The van der Waals surface area contributed by atoms with E-state index in [-0.39, 0.29) is 42.0 Å². The van der Waals surface area contributed by atoms with Gasteiger partial charge < -0.3 is 4.84 Å². The van der Waals surface area contributed by atoms with Gasteiger partial charge in [-0.15, -0.1) is 5.10 Å². The van der Waals surface area contributed by atoms with Gasteiger partial charge in [-0.3, -0.25) is 9.69 Å². The van der Waals surface area contributed by atoms with Gasteiger partial charge in [-0.1, -0.05) is 34.4 Å². The van der Waals surface area contributed by atoms with Crippen molar-refractivity contribution in [3.05, 3.63) is 74.5 Å². The first-order valence-corrected chi connectivity index (χ1v) is 13.2. The van der Waals surface area contributed by atoms with Crippen molar-refractivity contribution in [2.75, 3.05) is 11.4 Å². The van der Waals surface area contributed by atoms with E-state index in [9.17, 15) is 44.3 Å². The number of carbonyl (C=O) groups excluding carboxylic acids is 1. The van der Waals surface area contributed by atoms with Crippen LogP contribution < -0.4 is 4.90 Å². The van der Waals surface area contributed by atoms with E-state index in [4.69, 9.17) is 28.0 Å². The lowest BCUT2D eigenvalue weighted by Crippen LogP contribution is -2.42. The van der Waals surface area contributed by atoms with Crippen LogP contribution in [0.3, 0.4) is 0 Å². The lowest BCUT2D eigenvalue weighted by Gasteiger charge is -2.29. The molecular formula is C26H20Cl2F9N5O2. The first-order chi connectivity index (χ1) is 20.3. The van der Waals surface area contributed by atoms with Gasteiger partial charge in [0.25, 0.3) is 30.3 Å². The SMILES string of the molecule is Cc1cc(C2=NOC(c3cc(Cl)cc(Cl)c3)(C(F)(F)F)C2)ccc1C(=O)N(CC(F)F)c1nc(C(C)(F)F)n(CC(F)F)n1. The summed E-state index contributed by atoms with van der Waals surface area (Å²) in [5, 5.41) is 6.92. The average Bonchev–Trinajstić information content (AvgIpc) is 3.51. The summed E-state index contributed by atoms with van der Waals surface area (Å²) in [5.74, 6) is -7.28. The van der Waals surface area contributed by atoms with Crippen LogP contribution in [0, 0.1) is 6.92 Å².